The maximum Gasteiger partial charge on any atom is 0.414 e. The molecule has 1 aromatic rings. The summed E-state index contributed by atoms with van der Waals surface area (Å²) in [6.45, 7) is 4.13. The fraction of sp³-hybridized carbons (Fsp3) is 0.800. The van der Waals surface area contributed by atoms with Crippen molar-refractivity contribution in [2.24, 2.45) is 5.92 Å². The van der Waals surface area contributed by atoms with E-state index in [9.17, 15) is 13.2 Å². The SMILES string of the molecule is CC(C)CSCc1noc(CC(O)C(F)(F)F)n1. The highest BCUT2D eigenvalue weighted by Gasteiger charge is 2.39. The van der Waals surface area contributed by atoms with Crippen LogP contribution in [0.5, 0.6) is 0 Å². The van der Waals surface area contributed by atoms with Crippen LogP contribution in [0.25, 0.3) is 0 Å². The Kier molecular flexibility index (Phi) is 5.46. The summed E-state index contributed by atoms with van der Waals surface area (Å²) in [4.78, 5) is 3.80. The number of thioether (sulfide) groups is 1. The quantitative estimate of drug-likeness (QED) is 0.869. The van der Waals surface area contributed by atoms with E-state index in [1.165, 1.54) is 0 Å². The maximum atomic E-state index is 12.1. The molecule has 0 fully saturated rings. The van der Waals surface area contributed by atoms with E-state index in [4.69, 9.17) is 5.11 Å². The minimum Gasteiger partial charge on any atom is -0.383 e. The summed E-state index contributed by atoms with van der Waals surface area (Å²) in [7, 11) is 0. The molecular weight excluding hydrogens is 269 g/mol. The fourth-order valence-corrected chi connectivity index (χ4v) is 1.99. The van der Waals surface area contributed by atoms with Crippen LogP contribution >= 0.6 is 11.8 Å². The first-order valence-electron chi connectivity index (χ1n) is 5.43. The molecule has 0 aliphatic carbocycles. The van der Waals surface area contributed by atoms with Crippen LogP contribution in [0.2, 0.25) is 0 Å². The van der Waals surface area contributed by atoms with Gasteiger partial charge in [-0.25, -0.2) is 0 Å². The molecule has 104 valence electrons. The van der Waals surface area contributed by atoms with Crippen LogP contribution in [0.4, 0.5) is 13.2 Å². The van der Waals surface area contributed by atoms with Crippen LogP contribution < -0.4 is 0 Å². The third kappa shape index (κ3) is 5.26. The molecule has 0 aliphatic rings. The monoisotopic (exact) mass is 284 g/mol. The van der Waals surface area contributed by atoms with Crippen LogP contribution in [-0.2, 0) is 12.2 Å². The second-order valence-corrected chi connectivity index (χ2v) is 5.31. The second kappa shape index (κ2) is 6.42. The molecule has 1 heterocycles. The largest absolute Gasteiger partial charge is 0.414 e. The molecule has 1 unspecified atom stereocenters. The average Bonchev–Trinajstić information content (AvgIpc) is 2.63. The van der Waals surface area contributed by atoms with Crippen molar-refractivity contribution >= 4 is 11.8 Å². The number of rotatable bonds is 6. The lowest BCUT2D eigenvalue weighted by Crippen LogP contribution is -2.30. The van der Waals surface area contributed by atoms with Gasteiger partial charge in [0.1, 0.15) is 0 Å². The highest BCUT2D eigenvalue weighted by molar-refractivity contribution is 7.98. The standard InChI is InChI=1S/C10H15F3N2O2S/c1-6(2)4-18-5-8-14-9(17-15-8)3-7(16)10(11,12)13/h6-7,16H,3-5H2,1-2H3. The van der Waals surface area contributed by atoms with Crippen LogP contribution in [0.3, 0.4) is 0 Å². The molecule has 18 heavy (non-hydrogen) atoms. The molecule has 0 aromatic carbocycles. The van der Waals surface area contributed by atoms with Gasteiger partial charge in [-0.05, 0) is 11.7 Å². The minimum atomic E-state index is -4.67. The summed E-state index contributed by atoms with van der Waals surface area (Å²) >= 11 is 1.58. The number of aliphatic hydroxyl groups excluding tert-OH is 1. The van der Waals surface area contributed by atoms with E-state index < -0.39 is 18.7 Å². The third-order valence-corrected chi connectivity index (χ3v) is 3.30. The highest BCUT2D eigenvalue weighted by Crippen LogP contribution is 2.22. The number of hydrogen-bond acceptors (Lipinski definition) is 5. The zero-order chi connectivity index (χ0) is 13.8. The normalized spacial score (nSPS) is 14.2. The lowest BCUT2D eigenvalue weighted by molar-refractivity contribution is -0.204. The topological polar surface area (TPSA) is 59.2 Å². The zero-order valence-electron chi connectivity index (χ0n) is 10.1. The Morgan fingerprint density at radius 2 is 2.06 bits per heavy atom. The van der Waals surface area contributed by atoms with Crippen molar-refractivity contribution in [3.05, 3.63) is 11.7 Å². The molecular formula is C10H15F3N2O2S. The number of alkyl halides is 3. The fourth-order valence-electron chi connectivity index (χ4n) is 1.10. The Hall–Kier alpha value is -0.760. The van der Waals surface area contributed by atoms with Crippen LogP contribution in [0.1, 0.15) is 25.6 Å². The predicted octanol–water partition coefficient (Wildman–Crippen LogP) is 2.42. The van der Waals surface area contributed by atoms with Crippen molar-refractivity contribution < 1.29 is 22.8 Å². The van der Waals surface area contributed by atoms with Crippen molar-refractivity contribution in [1.29, 1.82) is 0 Å². The van der Waals surface area contributed by atoms with Gasteiger partial charge in [0.2, 0.25) is 5.89 Å². The van der Waals surface area contributed by atoms with Crippen molar-refractivity contribution in [2.75, 3.05) is 5.75 Å². The molecule has 0 spiro atoms. The Bertz CT molecular complexity index is 368. The molecule has 0 saturated heterocycles. The molecule has 4 nitrogen and oxygen atoms in total. The molecule has 0 aliphatic heterocycles. The number of hydrogen-bond donors (Lipinski definition) is 1. The molecule has 0 radical (unpaired) electrons. The van der Waals surface area contributed by atoms with Crippen molar-refractivity contribution in [1.82, 2.24) is 10.1 Å². The highest BCUT2D eigenvalue weighted by atomic mass is 32.2. The average molecular weight is 284 g/mol. The van der Waals surface area contributed by atoms with Gasteiger partial charge in [0.05, 0.1) is 12.2 Å². The number of aromatic nitrogens is 2. The number of aliphatic hydroxyl groups is 1. The molecule has 0 amide bonds. The Morgan fingerprint density at radius 3 is 2.61 bits per heavy atom. The van der Waals surface area contributed by atoms with E-state index in [0.29, 0.717) is 17.5 Å². The summed E-state index contributed by atoms with van der Waals surface area (Å²) in [6.07, 6.45) is -7.83. The molecule has 1 aromatic heterocycles. The molecule has 0 saturated carbocycles. The summed E-state index contributed by atoms with van der Waals surface area (Å²) < 4.78 is 40.9. The Balaban J connectivity index is 2.43. The molecule has 8 heteroatoms. The van der Waals surface area contributed by atoms with E-state index in [1.807, 2.05) is 0 Å². The van der Waals surface area contributed by atoms with Gasteiger partial charge < -0.3 is 9.63 Å². The van der Waals surface area contributed by atoms with Gasteiger partial charge in [0, 0.05) is 0 Å². The summed E-state index contributed by atoms with van der Waals surface area (Å²) in [6, 6.07) is 0. The van der Waals surface area contributed by atoms with E-state index in [1.54, 1.807) is 11.8 Å². The molecule has 1 N–H and O–H groups in total. The second-order valence-electron chi connectivity index (χ2n) is 4.27. The van der Waals surface area contributed by atoms with Crippen LogP contribution in [0, 0.1) is 5.92 Å². The Labute approximate surface area is 107 Å². The van der Waals surface area contributed by atoms with Gasteiger partial charge in [-0.15, -0.1) is 0 Å². The van der Waals surface area contributed by atoms with Gasteiger partial charge in [-0.3, -0.25) is 0 Å². The minimum absolute atomic E-state index is 0.194. The van der Waals surface area contributed by atoms with Crippen molar-refractivity contribution in [2.45, 2.75) is 38.3 Å². The first kappa shape index (κ1) is 15.3. The van der Waals surface area contributed by atoms with E-state index >= 15 is 0 Å². The summed E-state index contributed by atoms with van der Waals surface area (Å²) in [5.41, 5.74) is 0. The summed E-state index contributed by atoms with van der Waals surface area (Å²) in [5, 5.41) is 12.4. The van der Waals surface area contributed by atoms with E-state index in [-0.39, 0.29) is 5.89 Å². The summed E-state index contributed by atoms with van der Waals surface area (Å²) in [5.74, 6) is 2.08. The van der Waals surface area contributed by atoms with E-state index in [2.05, 4.69) is 28.5 Å². The first-order chi connectivity index (χ1) is 8.29. The zero-order valence-corrected chi connectivity index (χ0v) is 10.9. The van der Waals surface area contributed by atoms with Gasteiger partial charge >= 0.3 is 6.18 Å². The lowest BCUT2D eigenvalue weighted by atomic mass is 10.2. The van der Waals surface area contributed by atoms with Crippen LogP contribution in [-0.4, -0.2) is 33.3 Å². The van der Waals surface area contributed by atoms with Crippen LogP contribution in [0.15, 0.2) is 4.52 Å². The number of nitrogens with zero attached hydrogens (tertiary/aromatic N) is 2. The van der Waals surface area contributed by atoms with Gasteiger partial charge in [0.25, 0.3) is 0 Å². The number of halogens is 3. The predicted molar refractivity (Wildman–Crippen MR) is 61.1 cm³/mol. The van der Waals surface area contributed by atoms with Gasteiger partial charge in [-0.2, -0.15) is 29.9 Å². The third-order valence-electron chi connectivity index (χ3n) is 1.94. The Morgan fingerprint density at radius 1 is 1.39 bits per heavy atom. The molecule has 1 rings (SSSR count). The van der Waals surface area contributed by atoms with E-state index in [0.717, 1.165) is 5.75 Å². The van der Waals surface area contributed by atoms with Gasteiger partial charge in [-0.1, -0.05) is 19.0 Å². The van der Waals surface area contributed by atoms with Crippen molar-refractivity contribution in [3.63, 3.8) is 0 Å². The lowest BCUT2D eigenvalue weighted by Gasteiger charge is -2.11. The molecule has 1 atom stereocenters. The smallest absolute Gasteiger partial charge is 0.383 e. The first-order valence-corrected chi connectivity index (χ1v) is 6.58. The van der Waals surface area contributed by atoms with Crippen molar-refractivity contribution in [3.8, 4) is 0 Å². The molecule has 0 bridgehead atoms. The van der Waals surface area contributed by atoms with Gasteiger partial charge in [0.15, 0.2) is 11.9 Å². The maximum absolute atomic E-state index is 12.1.